The van der Waals surface area contributed by atoms with Crippen LogP contribution in [0.5, 0.6) is 17.2 Å². The number of aliphatic hydroxyl groups excluding tert-OH is 7. The average Bonchev–Trinajstić information content (AvgIpc) is 1.02. The van der Waals surface area contributed by atoms with E-state index < -0.39 is 182 Å². The SMILES string of the molecule is CCCCCCCCCC(=O)O[C@H](C)[C@H](O)C(=O)[C@@H](OC)[C@@H]1Cc2cc3cc(O[C@H]4C[C@H](O[C@H]5C[C@@H](O)[C@H](O)[C@@H](C)O5)[C@H](O)[C@@H](C)O4)c(C)c(O)c3c(O)c2C(=O)[C@H]1O[C@H]1C[C@@H](O[C@@H]2C[C@@H](O)[C@@H](O[C@H]3C[C@](C)(O)[C@H](O)[C@@H](C)O3)[C@@H](C)O2)[C@H](O)[C@@H](C)O1. The van der Waals surface area contributed by atoms with E-state index in [1.54, 1.807) is 34.6 Å². The number of ether oxygens (including phenoxy) is 12. The minimum atomic E-state index is -1.94. The topological polar surface area (TPSA) is 364 Å². The Labute approximate surface area is 507 Å². The molecule has 0 bridgehead atoms. The van der Waals surface area contributed by atoms with Gasteiger partial charge in [0.25, 0.3) is 0 Å². The summed E-state index contributed by atoms with van der Waals surface area (Å²) < 4.78 is 72.8. The second-order valence-corrected chi connectivity index (χ2v) is 25.0. The van der Waals surface area contributed by atoms with Crippen LogP contribution >= 0.6 is 0 Å². The molecule has 8 rings (SSSR count). The lowest BCUT2D eigenvalue weighted by molar-refractivity contribution is -0.337. The molecule has 25 heteroatoms. The fraction of sp³-hybridized carbons (Fsp3) is 0.790. The quantitative estimate of drug-likeness (QED) is 0.0531. The van der Waals surface area contributed by atoms with Gasteiger partial charge in [0.2, 0.25) is 6.29 Å². The lowest BCUT2D eigenvalue weighted by Gasteiger charge is -2.46. The third kappa shape index (κ3) is 15.9. The number of aromatic hydroxyl groups is 2. The number of phenols is 2. The lowest BCUT2D eigenvalue weighted by atomic mass is 9.75. The molecule has 0 radical (unpaired) electrons. The monoisotopic (exact) mass is 1240 g/mol. The number of rotatable bonds is 24. The zero-order chi connectivity index (χ0) is 63.5. The van der Waals surface area contributed by atoms with Gasteiger partial charge >= 0.3 is 5.97 Å². The van der Waals surface area contributed by atoms with E-state index >= 15 is 4.79 Å². The van der Waals surface area contributed by atoms with Crippen LogP contribution in [0.2, 0.25) is 0 Å². The highest BCUT2D eigenvalue weighted by atomic mass is 16.7. The molecule has 1 aliphatic carbocycles. The summed E-state index contributed by atoms with van der Waals surface area (Å²) >= 11 is 0. The maximum absolute atomic E-state index is 15.3. The van der Waals surface area contributed by atoms with E-state index in [4.69, 9.17) is 56.8 Å². The third-order valence-corrected chi connectivity index (χ3v) is 18.1. The molecule has 87 heavy (non-hydrogen) atoms. The largest absolute Gasteiger partial charge is 0.507 e. The number of unbranched alkanes of at least 4 members (excludes halogenated alkanes) is 6. The number of carbonyl (C=O) groups is 3. The molecular weight excluding hydrogens is 1140 g/mol. The Morgan fingerprint density at radius 3 is 1.84 bits per heavy atom. The zero-order valence-electron chi connectivity index (χ0n) is 51.5. The zero-order valence-corrected chi connectivity index (χ0v) is 51.5. The molecule has 2 aromatic rings. The van der Waals surface area contributed by atoms with Crippen molar-refractivity contribution in [2.45, 2.75) is 299 Å². The summed E-state index contributed by atoms with van der Waals surface area (Å²) in [5, 5.41) is 112. The maximum Gasteiger partial charge on any atom is 0.306 e. The second-order valence-electron chi connectivity index (χ2n) is 25.0. The summed E-state index contributed by atoms with van der Waals surface area (Å²) in [5.41, 5.74) is -1.47. The van der Waals surface area contributed by atoms with Gasteiger partial charge in [-0.05, 0) is 91.3 Å². The van der Waals surface area contributed by atoms with E-state index in [0.29, 0.717) is 6.42 Å². The number of phenolic OH excluding ortho intramolecular Hbond substituents is 2. The summed E-state index contributed by atoms with van der Waals surface area (Å²) in [7, 11) is 1.20. The van der Waals surface area contributed by atoms with Crippen molar-refractivity contribution in [3.8, 4) is 17.2 Å². The molecule has 0 saturated carbocycles. The summed E-state index contributed by atoms with van der Waals surface area (Å²) in [5.74, 6) is -4.71. The smallest absolute Gasteiger partial charge is 0.306 e. The molecule has 492 valence electrons. The van der Waals surface area contributed by atoms with Gasteiger partial charge in [-0.2, -0.15) is 0 Å². The molecule has 0 unspecified atom stereocenters. The molecule has 5 heterocycles. The van der Waals surface area contributed by atoms with Gasteiger partial charge in [0.1, 0.15) is 66.1 Å². The first-order valence-electron chi connectivity index (χ1n) is 31.0. The van der Waals surface area contributed by atoms with Crippen LogP contribution in [-0.2, 0) is 68.1 Å². The van der Waals surface area contributed by atoms with Crippen LogP contribution in [0.3, 0.4) is 0 Å². The lowest BCUT2D eigenvalue weighted by Crippen LogP contribution is -2.58. The molecule has 2 aromatic carbocycles. The van der Waals surface area contributed by atoms with Crippen molar-refractivity contribution < 1.29 is 122 Å². The van der Waals surface area contributed by atoms with Crippen molar-refractivity contribution in [1.82, 2.24) is 0 Å². The number of hydrogen-bond donors (Lipinski definition) is 10. The standard InChI is InChI=1S/C62H94O25/c1-11-12-13-14-15-16-17-18-42(65)77-31(6)54(70)57(73)59(76-10)36-20-34-19-35-21-39(83-45-24-40(52(68)29(4)79-45)84-43-22-37(63)51(67)28(3)78-43)27(2)50(66)48(35)55(71)49(34)56(72)60(36)86-46-25-41(53(69)30(5)80-46)85-44-23-38(64)58(32(7)81-44)87-47-26-62(9,75)61(74)33(8)82-47/h19,21,28-33,36-38,40-41,43-47,51-54,58-61,63-64,66-71,74-75H,11-18,20,22-26H2,1-10H3/t28-,29-,30-,31-,32-,33-,36+,37-,38-,40+,41-,43+,44-,45+,46+,47+,51-,52-,53-,54+,58+,59+,60+,61-,62+/m1/s1. The van der Waals surface area contributed by atoms with Gasteiger partial charge in [-0.3, -0.25) is 14.4 Å². The molecule has 0 spiro atoms. The number of carbonyl (C=O) groups excluding carboxylic acids is 3. The fourth-order valence-electron chi connectivity index (χ4n) is 12.9. The van der Waals surface area contributed by atoms with E-state index in [0.717, 1.165) is 38.5 Å². The molecule has 5 fully saturated rings. The van der Waals surface area contributed by atoms with Crippen molar-refractivity contribution in [2.75, 3.05) is 7.11 Å². The van der Waals surface area contributed by atoms with Crippen LogP contribution in [0, 0.1) is 12.8 Å². The minimum absolute atomic E-state index is 0.0449. The van der Waals surface area contributed by atoms with Gasteiger partial charge in [0, 0.05) is 57.1 Å². The van der Waals surface area contributed by atoms with Gasteiger partial charge < -0.3 is 108 Å². The van der Waals surface area contributed by atoms with Gasteiger partial charge in [0.05, 0.1) is 71.5 Å². The molecule has 25 nitrogen and oxygen atoms in total. The van der Waals surface area contributed by atoms with Crippen LogP contribution in [-0.4, -0.2) is 223 Å². The van der Waals surface area contributed by atoms with E-state index in [9.17, 15) is 60.7 Å². The van der Waals surface area contributed by atoms with Crippen LogP contribution in [0.25, 0.3) is 10.8 Å². The molecule has 10 N–H and O–H groups in total. The summed E-state index contributed by atoms with van der Waals surface area (Å²) in [6.07, 6.45) is -20.3. The van der Waals surface area contributed by atoms with E-state index in [1.807, 2.05) is 0 Å². The molecule has 5 saturated heterocycles. The van der Waals surface area contributed by atoms with E-state index in [1.165, 1.54) is 40.0 Å². The molecule has 5 aliphatic heterocycles. The van der Waals surface area contributed by atoms with Crippen molar-refractivity contribution in [1.29, 1.82) is 0 Å². The van der Waals surface area contributed by atoms with Crippen molar-refractivity contribution >= 4 is 28.3 Å². The summed E-state index contributed by atoms with van der Waals surface area (Å²) in [4.78, 5) is 42.9. The van der Waals surface area contributed by atoms with Crippen LogP contribution < -0.4 is 4.74 Å². The molecular formula is C62H94O25. The highest BCUT2D eigenvalue weighted by Gasteiger charge is 2.52. The third-order valence-electron chi connectivity index (χ3n) is 18.1. The highest BCUT2D eigenvalue weighted by molar-refractivity contribution is 6.11. The normalized spacial score (nSPS) is 38.6. The van der Waals surface area contributed by atoms with Crippen LogP contribution in [0.15, 0.2) is 12.1 Å². The van der Waals surface area contributed by atoms with Gasteiger partial charge in [-0.25, -0.2) is 0 Å². The number of methoxy groups -OCH3 is 1. The Kier molecular flexibility index (Phi) is 23.5. The van der Waals surface area contributed by atoms with E-state index in [2.05, 4.69) is 6.92 Å². The minimum Gasteiger partial charge on any atom is -0.507 e. The first kappa shape index (κ1) is 69.1. The van der Waals surface area contributed by atoms with Crippen molar-refractivity contribution in [2.24, 2.45) is 5.92 Å². The fourth-order valence-corrected chi connectivity index (χ4v) is 12.9. The average molecular weight is 1240 g/mol. The molecule has 0 aromatic heterocycles. The molecule has 6 aliphatic rings. The highest BCUT2D eigenvalue weighted by Crippen LogP contribution is 2.48. The van der Waals surface area contributed by atoms with Crippen molar-refractivity contribution in [3.63, 3.8) is 0 Å². The van der Waals surface area contributed by atoms with Gasteiger partial charge in [-0.15, -0.1) is 0 Å². The molecule has 25 atom stereocenters. The first-order chi connectivity index (χ1) is 41.1. The Morgan fingerprint density at radius 2 is 1.24 bits per heavy atom. The summed E-state index contributed by atoms with van der Waals surface area (Å²) in [6.45, 7) is 14.5. The van der Waals surface area contributed by atoms with E-state index in [-0.39, 0.29) is 78.2 Å². The van der Waals surface area contributed by atoms with Crippen LogP contribution in [0.4, 0.5) is 0 Å². The van der Waals surface area contributed by atoms with Gasteiger partial charge in [0.15, 0.2) is 42.8 Å². The molecule has 0 amide bonds. The number of esters is 1. The number of aliphatic hydroxyl groups is 8. The first-order valence-corrected chi connectivity index (χ1v) is 31.0. The van der Waals surface area contributed by atoms with Crippen molar-refractivity contribution in [3.05, 3.63) is 28.8 Å². The Bertz CT molecular complexity index is 2610. The maximum atomic E-state index is 15.3. The number of ketones is 2. The number of Topliss-reactive ketones (excluding diaryl/α,β-unsaturated/α-hetero) is 2. The Hall–Kier alpha value is -3.81. The van der Waals surface area contributed by atoms with Gasteiger partial charge in [-0.1, -0.05) is 45.4 Å². The predicted molar refractivity (Wildman–Crippen MR) is 305 cm³/mol. The number of benzene rings is 2. The summed E-state index contributed by atoms with van der Waals surface area (Å²) in [6, 6.07) is 3.05. The predicted octanol–water partition coefficient (Wildman–Crippen LogP) is 3.44. The second kappa shape index (κ2) is 29.6. The Morgan fingerprint density at radius 1 is 0.690 bits per heavy atom. The number of fused-ring (bicyclic) bond motifs is 2. The number of hydrogen-bond acceptors (Lipinski definition) is 25. The van der Waals surface area contributed by atoms with Crippen LogP contribution in [0.1, 0.15) is 160 Å². The Balaban J connectivity index is 1.04.